The topological polar surface area (TPSA) is 75.3 Å². The maximum absolute atomic E-state index is 13.8. The van der Waals surface area contributed by atoms with E-state index in [1.807, 2.05) is 0 Å². The van der Waals surface area contributed by atoms with Crippen LogP contribution in [0, 0.1) is 11.6 Å². The lowest BCUT2D eigenvalue weighted by Crippen LogP contribution is -2.20. The molecule has 0 unspecified atom stereocenters. The Balaban J connectivity index is 2.07. The molecule has 0 fully saturated rings. The fourth-order valence-corrected chi connectivity index (χ4v) is 2.67. The molecule has 0 aliphatic rings. The summed E-state index contributed by atoms with van der Waals surface area (Å²) in [5.74, 6) is -1.78. The summed E-state index contributed by atoms with van der Waals surface area (Å²) in [4.78, 5) is 11.8. The van der Waals surface area contributed by atoms with Gasteiger partial charge in [-0.2, -0.15) is 0 Å². The summed E-state index contributed by atoms with van der Waals surface area (Å²) in [5.41, 5.74) is 0.111. The Labute approximate surface area is 132 Å². The van der Waals surface area contributed by atoms with E-state index < -0.39 is 33.3 Å². The van der Waals surface area contributed by atoms with Crippen LogP contribution in [0.3, 0.4) is 0 Å². The smallest absolute Gasteiger partial charge is 0.308 e. The molecule has 5 nitrogen and oxygen atoms in total. The number of sulfone groups is 1. The van der Waals surface area contributed by atoms with Crippen LogP contribution in [0.15, 0.2) is 42.5 Å². The molecule has 8 heteroatoms. The van der Waals surface area contributed by atoms with Gasteiger partial charge in [-0.15, -0.1) is 0 Å². The number of hydrogen-bond donors (Lipinski definition) is 2. The summed E-state index contributed by atoms with van der Waals surface area (Å²) in [6.45, 7) is 0. The van der Waals surface area contributed by atoms with Crippen molar-refractivity contribution in [2.24, 2.45) is 0 Å². The van der Waals surface area contributed by atoms with Crippen molar-refractivity contribution in [3.05, 3.63) is 59.7 Å². The van der Waals surface area contributed by atoms with Gasteiger partial charge in [-0.1, -0.05) is 18.2 Å². The molecule has 2 aromatic rings. The normalized spacial score (nSPS) is 11.1. The first-order chi connectivity index (χ1) is 10.7. The minimum atomic E-state index is -3.36. The van der Waals surface area contributed by atoms with Crippen LogP contribution in [0.25, 0.3) is 0 Å². The lowest BCUT2D eigenvalue weighted by molar-refractivity contribution is 0.262. The van der Waals surface area contributed by atoms with E-state index in [9.17, 15) is 22.0 Å². The van der Waals surface area contributed by atoms with Crippen LogP contribution in [-0.2, 0) is 15.6 Å². The van der Waals surface area contributed by atoms with E-state index in [0.717, 1.165) is 12.3 Å². The standard InChI is InChI=1S/C15H14F2N2O3S/c1-23(21,22)9-10-6-7-11(8-13(10)17)18-15(20)19-14-5-3-2-4-12(14)16/h2-8H,9H2,1H3,(H2,18,19,20). The van der Waals surface area contributed by atoms with Gasteiger partial charge in [-0.3, -0.25) is 0 Å². The van der Waals surface area contributed by atoms with E-state index >= 15 is 0 Å². The molecule has 23 heavy (non-hydrogen) atoms. The molecule has 0 bridgehead atoms. The zero-order valence-corrected chi connectivity index (χ0v) is 13.0. The van der Waals surface area contributed by atoms with Crippen LogP contribution < -0.4 is 10.6 Å². The number of urea groups is 1. The number of anilines is 2. The van der Waals surface area contributed by atoms with Gasteiger partial charge in [0.2, 0.25) is 0 Å². The predicted octanol–water partition coefficient (Wildman–Crippen LogP) is 3.15. The zero-order chi connectivity index (χ0) is 17.0. The first kappa shape index (κ1) is 16.9. The molecular weight excluding hydrogens is 326 g/mol. The maximum Gasteiger partial charge on any atom is 0.323 e. The van der Waals surface area contributed by atoms with Gasteiger partial charge >= 0.3 is 6.03 Å². The highest BCUT2D eigenvalue weighted by Crippen LogP contribution is 2.18. The van der Waals surface area contributed by atoms with Crippen molar-refractivity contribution in [2.45, 2.75) is 5.75 Å². The molecule has 0 saturated heterocycles. The highest BCUT2D eigenvalue weighted by molar-refractivity contribution is 7.89. The van der Waals surface area contributed by atoms with Gasteiger partial charge in [0, 0.05) is 17.5 Å². The Morgan fingerprint density at radius 2 is 1.74 bits per heavy atom. The second kappa shape index (κ2) is 6.74. The zero-order valence-electron chi connectivity index (χ0n) is 12.1. The fourth-order valence-electron chi connectivity index (χ4n) is 1.87. The third-order valence-electron chi connectivity index (χ3n) is 2.85. The molecular formula is C15H14F2N2O3S. The summed E-state index contributed by atoms with van der Waals surface area (Å²) in [5, 5.41) is 4.63. The largest absolute Gasteiger partial charge is 0.323 e. The molecule has 0 aliphatic carbocycles. The fraction of sp³-hybridized carbons (Fsp3) is 0.133. The number of para-hydroxylation sites is 1. The highest BCUT2D eigenvalue weighted by atomic mass is 32.2. The first-order valence-electron chi connectivity index (χ1n) is 6.53. The monoisotopic (exact) mass is 340 g/mol. The number of halogens is 2. The van der Waals surface area contributed by atoms with Crippen LogP contribution in [0.1, 0.15) is 5.56 Å². The molecule has 0 atom stereocenters. The summed E-state index contributed by atoms with van der Waals surface area (Å²) in [7, 11) is -3.36. The number of carbonyl (C=O) groups is 1. The van der Waals surface area contributed by atoms with Gasteiger partial charge in [0.05, 0.1) is 11.4 Å². The Kier molecular flexibility index (Phi) is 4.95. The van der Waals surface area contributed by atoms with E-state index in [1.165, 1.54) is 30.3 Å². The summed E-state index contributed by atoms with van der Waals surface area (Å²) < 4.78 is 49.6. The van der Waals surface area contributed by atoms with Gasteiger partial charge < -0.3 is 10.6 Å². The Morgan fingerprint density at radius 1 is 1.04 bits per heavy atom. The van der Waals surface area contributed by atoms with Gasteiger partial charge in [-0.05, 0) is 24.3 Å². The number of carbonyl (C=O) groups excluding carboxylic acids is 1. The van der Waals surface area contributed by atoms with Gasteiger partial charge in [0.1, 0.15) is 11.6 Å². The van der Waals surface area contributed by atoms with Gasteiger partial charge in [-0.25, -0.2) is 22.0 Å². The van der Waals surface area contributed by atoms with E-state index in [-0.39, 0.29) is 16.9 Å². The quantitative estimate of drug-likeness (QED) is 0.898. The third kappa shape index (κ3) is 5.03. The minimum Gasteiger partial charge on any atom is -0.308 e. The second-order valence-corrected chi connectivity index (χ2v) is 7.08. The molecule has 0 aliphatic heterocycles. The molecule has 2 rings (SSSR count). The molecule has 0 spiro atoms. The predicted molar refractivity (Wildman–Crippen MR) is 84.0 cm³/mol. The van der Waals surface area contributed by atoms with Gasteiger partial charge in [0.15, 0.2) is 9.84 Å². The molecule has 2 aromatic carbocycles. The average molecular weight is 340 g/mol. The van der Waals surface area contributed by atoms with E-state index in [0.29, 0.717) is 0 Å². The molecule has 0 aromatic heterocycles. The van der Waals surface area contributed by atoms with Crippen molar-refractivity contribution in [1.82, 2.24) is 0 Å². The Bertz CT molecular complexity index is 838. The summed E-state index contributed by atoms with van der Waals surface area (Å²) in [6.07, 6.45) is 1.00. The van der Waals surface area contributed by atoms with Crippen molar-refractivity contribution in [3.63, 3.8) is 0 Å². The lowest BCUT2D eigenvalue weighted by atomic mass is 10.2. The van der Waals surface area contributed by atoms with Crippen molar-refractivity contribution in [2.75, 3.05) is 16.9 Å². The molecule has 0 radical (unpaired) electrons. The van der Waals surface area contributed by atoms with Crippen molar-refractivity contribution in [3.8, 4) is 0 Å². The lowest BCUT2D eigenvalue weighted by Gasteiger charge is -2.09. The summed E-state index contributed by atoms with van der Waals surface area (Å²) >= 11 is 0. The Morgan fingerprint density at radius 3 is 2.35 bits per heavy atom. The Hall–Kier alpha value is -2.48. The molecule has 2 N–H and O–H groups in total. The van der Waals surface area contributed by atoms with Crippen molar-refractivity contribution in [1.29, 1.82) is 0 Å². The SMILES string of the molecule is CS(=O)(=O)Cc1ccc(NC(=O)Nc2ccccc2F)cc1F. The minimum absolute atomic E-state index is 0.00700. The first-order valence-corrected chi connectivity index (χ1v) is 8.59. The van der Waals surface area contributed by atoms with Crippen molar-refractivity contribution < 1.29 is 22.0 Å². The van der Waals surface area contributed by atoms with E-state index in [4.69, 9.17) is 0 Å². The summed E-state index contributed by atoms with van der Waals surface area (Å²) in [6, 6.07) is 8.50. The van der Waals surface area contributed by atoms with E-state index in [1.54, 1.807) is 6.07 Å². The van der Waals surface area contributed by atoms with Crippen molar-refractivity contribution >= 4 is 27.2 Å². The number of hydrogen-bond acceptors (Lipinski definition) is 3. The maximum atomic E-state index is 13.8. The van der Waals surface area contributed by atoms with Crippen LogP contribution in [0.2, 0.25) is 0 Å². The highest BCUT2D eigenvalue weighted by Gasteiger charge is 2.12. The molecule has 0 saturated carbocycles. The van der Waals surface area contributed by atoms with Crippen LogP contribution in [0.5, 0.6) is 0 Å². The van der Waals surface area contributed by atoms with Crippen LogP contribution in [-0.4, -0.2) is 20.7 Å². The molecule has 0 heterocycles. The average Bonchev–Trinajstić information content (AvgIpc) is 2.43. The number of benzene rings is 2. The molecule has 122 valence electrons. The number of nitrogens with one attached hydrogen (secondary N) is 2. The number of rotatable bonds is 4. The van der Waals surface area contributed by atoms with Crippen LogP contribution >= 0.6 is 0 Å². The van der Waals surface area contributed by atoms with E-state index in [2.05, 4.69) is 10.6 Å². The second-order valence-electron chi connectivity index (χ2n) is 4.94. The molecule has 2 amide bonds. The third-order valence-corrected chi connectivity index (χ3v) is 3.69. The number of amides is 2. The van der Waals surface area contributed by atoms with Crippen LogP contribution in [0.4, 0.5) is 25.0 Å². The van der Waals surface area contributed by atoms with Gasteiger partial charge in [0.25, 0.3) is 0 Å².